The van der Waals surface area contributed by atoms with Crippen molar-refractivity contribution >= 4 is 23.1 Å². The van der Waals surface area contributed by atoms with Crippen LogP contribution in [-0.4, -0.2) is 34.8 Å². The SMILES string of the molecule is CC(C)C1=C(O)C=C(O)C(c2n[nH]c(=S)n2-c2ccc3cn(C)nc3c2)C1. The molecule has 1 aliphatic rings. The quantitative estimate of drug-likeness (QED) is 0.589. The normalized spacial score (nSPS) is 17.8. The lowest BCUT2D eigenvalue weighted by Gasteiger charge is -2.24. The van der Waals surface area contributed by atoms with Crippen molar-refractivity contribution in [3.8, 4) is 5.69 Å². The maximum absolute atomic E-state index is 10.5. The van der Waals surface area contributed by atoms with Gasteiger partial charge in [-0.15, -0.1) is 0 Å². The fourth-order valence-corrected chi connectivity index (χ4v) is 3.82. The van der Waals surface area contributed by atoms with Gasteiger partial charge < -0.3 is 10.2 Å². The van der Waals surface area contributed by atoms with E-state index in [0.717, 1.165) is 22.2 Å². The van der Waals surface area contributed by atoms with Crippen molar-refractivity contribution in [1.82, 2.24) is 24.5 Å². The van der Waals surface area contributed by atoms with Gasteiger partial charge in [-0.1, -0.05) is 13.8 Å². The smallest absolute Gasteiger partial charge is 0.199 e. The first-order chi connectivity index (χ1) is 12.8. The van der Waals surface area contributed by atoms with E-state index in [-0.39, 0.29) is 23.4 Å². The molecule has 4 rings (SSSR count). The number of hydrogen-bond acceptors (Lipinski definition) is 5. The molecule has 3 N–H and O–H groups in total. The molecule has 1 aromatic carbocycles. The Morgan fingerprint density at radius 3 is 2.81 bits per heavy atom. The zero-order valence-electron chi connectivity index (χ0n) is 15.3. The fourth-order valence-electron chi connectivity index (χ4n) is 3.58. The number of allylic oxidation sites excluding steroid dienone is 3. The standard InChI is InChI=1S/C19H21N5O2S/c1-10(2)13-7-14(17(26)8-16(13)25)18-20-21-19(27)24(18)12-5-4-11-9-23(3)22-15(11)6-12/h4-6,8-10,14,25-26H,7H2,1-3H3,(H,21,27). The molecule has 3 aromatic rings. The lowest BCUT2D eigenvalue weighted by atomic mass is 9.85. The maximum atomic E-state index is 10.5. The van der Waals surface area contributed by atoms with Crippen LogP contribution >= 0.6 is 12.2 Å². The van der Waals surface area contributed by atoms with E-state index in [4.69, 9.17) is 12.2 Å². The number of H-pyrrole nitrogens is 1. The molecule has 0 bridgehead atoms. The Hall–Kier alpha value is -2.87. The van der Waals surface area contributed by atoms with Gasteiger partial charge in [-0.05, 0) is 48.3 Å². The van der Waals surface area contributed by atoms with E-state index in [1.54, 1.807) is 4.68 Å². The van der Waals surface area contributed by atoms with Crippen LogP contribution in [0.4, 0.5) is 0 Å². The number of rotatable bonds is 3. The summed E-state index contributed by atoms with van der Waals surface area (Å²) in [5.41, 5.74) is 2.57. The van der Waals surface area contributed by atoms with E-state index in [1.807, 2.05) is 49.9 Å². The first-order valence-electron chi connectivity index (χ1n) is 8.78. The first kappa shape index (κ1) is 17.5. The van der Waals surface area contributed by atoms with Crippen molar-refractivity contribution in [3.63, 3.8) is 0 Å². The molecule has 0 aliphatic heterocycles. The van der Waals surface area contributed by atoms with Crippen LogP contribution in [0.1, 0.15) is 32.0 Å². The monoisotopic (exact) mass is 383 g/mol. The van der Waals surface area contributed by atoms with E-state index in [2.05, 4.69) is 15.3 Å². The molecule has 0 spiro atoms. The third-order valence-electron chi connectivity index (χ3n) is 4.97. The number of fused-ring (bicyclic) bond motifs is 1. The van der Waals surface area contributed by atoms with Gasteiger partial charge in [0.15, 0.2) is 4.77 Å². The lowest BCUT2D eigenvalue weighted by Crippen LogP contribution is -2.17. The van der Waals surface area contributed by atoms with Crippen LogP contribution in [0.3, 0.4) is 0 Å². The van der Waals surface area contributed by atoms with Crippen LogP contribution in [0.2, 0.25) is 0 Å². The van der Waals surface area contributed by atoms with Gasteiger partial charge in [0.1, 0.15) is 17.3 Å². The van der Waals surface area contributed by atoms with E-state index < -0.39 is 0 Å². The molecular formula is C19H21N5O2S. The van der Waals surface area contributed by atoms with Crippen molar-refractivity contribution in [2.75, 3.05) is 0 Å². The Morgan fingerprint density at radius 1 is 1.30 bits per heavy atom. The zero-order valence-corrected chi connectivity index (χ0v) is 16.2. The minimum absolute atomic E-state index is 0.0751. The van der Waals surface area contributed by atoms with Gasteiger partial charge in [-0.3, -0.25) is 14.3 Å². The molecule has 7 nitrogen and oxygen atoms in total. The van der Waals surface area contributed by atoms with Crippen LogP contribution in [0.25, 0.3) is 16.6 Å². The second kappa shape index (κ2) is 6.38. The first-order valence-corrected chi connectivity index (χ1v) is 9.19. The topological polar surface area (TPSA) is 91.9 Å². The molecule has 0 radical (unpaired) electrons. The molecule has 2 heterocycles. The zero-order chi connectivity index (χ0) is 19.3. The maximum Gasteiger partial charge on any atom is 0.199 e. The third kappa shape index (κ3) is 2.95. The summed E-state index contributed by atoms with van der Waals surface area (Å²) < 4.78 is 4.03. The number of benzene rings is 1. The minimum atomic E-state index is -0.384. The predicted molar refractivity (Wildman–Crippen MR) is 106 cm³/mol. The number of nitrogens with one attached hydrogen (secondary N) is 1. The molecule has 2 aromatic heterocycles. The van der Waals surface area contributed by atoms with Gasteiger partial charge in [-0.2, -0.15) is 10.2 Å². The van der Waals surface area contributed by atoms with Gasteiger partial charge in [0.25, 0.3) is 0 Å². The highest BCUT2D eigenvalue weighted by atomic mass is 32.1. The number of aliphatic hydroxyl groups excluding tert-OH is 2. The Labute approximate surface area is 161 Å². The molecule has 0 amide bonds. The molecule has 0 saturated heterocycles. The summed E-state index contributed by atoms with van der Waals surface area (Å²) in [7, 11) is 1.88. The highest BCUT2D eigenvalue weighted by Gasteiger charge is 2.30. The molecule has 0 saturated carbocycles. The summed E-state index contributed by atoms with van der Waals surface area (Å²) in [4.78, 5) is 0. The Morgan fingerprint density at radius 2 is 2.07 bits per heavy atom. The lowest BCUT2D eigenvalue weighted by molar-refractivity contribution is 0.327. The highest BCUT2D eigenvalue weighted by molar-refractivity contribution is 7.71. The van der Waals surface area contributed by atoms with Crippen molar-refractivity contribution in [1.29, 1.82) is 0 Å². The van der Waals surface area contributed by atoms with Gasteiger partial charge in [-0.25, -0.2) is 0 Å². The van der Waals surface area contributed by atoms with Crippen molar-refractivity contribution in [2.45, 2.75) is 26.2 Å². The van der Waals surface area contributed by atoms with Gasteiger partial charge >= 0.3 is 0 Å². The average molecular weight is 383 g/mol. The molecule has 8 heteroatoms. The molecule has 1 atom stereocenters. The van der Waals surface area contributed by atoms with Crippen LogP contribution in [0.15, 0.2) is 47.6 Å². The Kier molecular flexibility index (Phi) is 4.15. The highest BCUT2D eigenvalue weighted by Crippen LogP contribution is 2.37. The second-order valence-electron chi connectivity index (χ2n) is 7.16. The van der Waals surface area contributed by atoms with Crippen molar-refractivity contribution in [2.24, 2.45) is 13.0 Å². The summed E-state index contributed by atoms with van der Waals surface area (Å²) in [5, 5.41) is 33.4. The summed E-state index contributed by atoms with van der Waals surface area (Å²) in [6, 6.07) is 5.89. The number of nitrogens with zero attached hydrogens (tertiary/aromatic N) is 4. The van der Waals surface area contributed by atoms with Crippen LogP contribution in [-0.2, 0) is 7.05 Å². The Balaban J connectivity index is 1.82. The molecule has 140 valence electrons. The number of aryl methyl sites for hydroxylation is 1. The van der Waals surface area contributed by atoms with E-state index in [9.17, 15) is 10.2 Å². The molecular weight excluding hydrogens is 362 g/mol. The van der Waals surface area contributed by atoms with Crippen LogP contribution in [0, 0.1) is 10.7 Å². The van der Waals surface area contributed by atoms with Crippen LogP contribution < -0.4 is 0 Å². The molecule has 1 aliphatic carbocycles. The summed E-state index contributed by atoms with van der Waals surface area (Å²) in [6.07, 6.45) is 3.84. The van der Waals surface area contributed by atoms with Crippen molar-refractivity contribution in [3.05, 3.63) is 58.2 Å². The Bertz CT molecular complexity index is 1150. The fraction of sp³-hybridized carbons (Fsp3) is 0.316. The average Bonchev–Trinajstić information content (AvgIpc) is 3.15. The number of hydrogen-bond donors (Lipinski definition) is 3. The van der Waals surface area contributed by atoms with Gasteiger partial charge in [0, 0.05) is 24.7 Å². The van der Waals surface area contributed by atoms with E-state index in [0.29, 0.717) is 17.0 Å². The molecule has 0 fully saturated rings. The molecule has 27 heavy (non-hydrogen) atoms. The number of aromatic amines is 1. The summed E-state index contributed by atoms with van der Waals surface area (Å²) in [5.74, 6) is 0.595. The summed E-state index contributed by atoms with van der Waals surface area (Å²) >= 11 is 5.45. The predicted octanol–water partition coefficient (Wildman–Crippen LogP) is 4.21. The number of aliphatic hydroxyl groups is 2. The van der Waals surface area contributed by atoms with Gasteiger partial charge in [0.2, 0.25) is 0 Å². The third-order valence-corrected chi connectivity index (χ3v) is 5.24. The molecule has 1 unspecified atom stereocenters. The van der Waals surface area contributed by atoms with Crippen LogP contribution in [0.5, 0.6) is 0 Å². The van der Waals surface area contributed by atoms with E-state index in [1.165, 1.54) is 6.08 Å². The summed E-state index contributed by atoms with van der Waals surface area (Å²) in [6.45, 7) is 4.04. The second-order valence-corrected chi connectivity index (χ2v) is 7.55. The number of aromatic nitrogens is 5. The van der Waals surface area contributed by atoms with Crippen molar-refractivity contribution < 1.29 is 10.2 Å². The minimum Gasteiger partial charge on any atom is -0.511 e. The van der Waals surface area contributed by atoms with Gasteiger partial charge in [0.05, 0.1) is 17.1 Å². The largest absolute Gasteiger partial charge is 0.511 e. The van der Waals surface area contributed by atoms with E-state index >= 15 is 0 Å².